The van der Waals surface area contributed by atoms with Crippen molar-refractivity contribution in [2.75, 3.05) is 43.7 Å². The molecule has 0 saturated carbocycles. The van der Waals surface area contributed by atoms with Crippen LogP contribution in [0.3, 0.4) is 0 Å². The van der Waals surface area contributed by atoms with Crippen LogP contribution >= 0.6 is 0 Å². The number of nitrogens with one attached hydrogen (secondary N) is 2. The molecule has 1 aromatic heterocycles. The first-order valence-electron chi connectivity index (χ1n) is 8.03. The third-order valence-corrected chi connectivity index (χ3v) is 3.95. The van der Waals surface area contributed by atoms with E-state index in [0.29, 0.717) is 44.1 Å². The van der Waals surface area contributed by atoms with Gasteiger partial charge in [0.25, 0.3) is 0 Å². The molecule has 0 amide bonds. The molecule has 0 unspecified atom stereocenters. The van der Waals surface area contributed by atoms with Crippen molar-refractivity contribution in [2.24, 2.45) is 0 Å². The topological polar surface area (TPSA) is 88.6 Å². The summed E-state index contributed by atoms with van der Waals surface area (Å²) in [7, 11) is 1.47. The van der Waals surface area contributed by atoms with E-state index in [-0.39, 0.29) is 17.5 Å². The maximum Gasteiger partial charge on any atom is 0.243 e. The third kappa shape index (κ3) is 4.05. The summed E-state index contributed by atoms with van der Waals surface area (Å²) in [4.78, 5) is 22.0. The molecule has 0 spiro atoms. The molecule has 2 aliphatic rings. The molecule has 1 saturated heterocycles. The summed E-state index contributed by atoms with van der Waals surface area (Å²) in [5.41, 5.74) is 6.14. The first-order valence-corrected chi connectivity index (χ1v) is 8.03. The van der Waals surface area contributed by atoms with Crippen molar-refractivity contribution in [2.45, 2.75) is 12.8 Å². The minimum absolute atomic E-state index is 0.155. The molecule has 3 rings (SSSR count). The number of morpholine rings is 1. The number of hydrogen-bond donors (Lipinski definition) is 2. The van der Waals surface area contributed by atoms with Gasteiger partial charge in [-0.1, -0.05) is 0 Å². The molecule has 0 aromatic carbocycles. The number of halogens is 1. The number of carbonyl (C=O) groups excluding carboxylic acids is 1. The first-order chi connectivity index (χ1) is 12.2. The summed E-state index contributed by atoms with van der Waals surface area (Å²) < 4.78 is 24.3. The Kier molecular flexibility index (Phi) is 5.44. The van der Waals surface area contributed by atoms with Crippen LogP contribution in [-0.4, -0.2) is 49.2 Å². The second-order valence-electron chi connectivity index (χ2n) is 5.54. The lowest BCUT2D eigenvalue weighted by molar-refractivity contribution is -0.115. The van der Waals surface area contributed by atoms with E-state index in [1.165, 1.54) is 7.11 Å². The molecule has 9 heteroatoms. The molecule has 134 valence electrons. The van der Waals surface area contributed by atoms with E-state index < -0.39 is 5.82 Å². The van der Waals surface area contributed by atoms with Crippen LogP contribution in [0.2, 0.25) is 0 Å². The van der Waals surface area contributed by atoms with Crippen molar-refractivity contribution in [1.82, 2.24) is 15.4 Å². The predicted molar refractivity (Wildman–Crippen MR) is 89.2 cm³/mol. The molecule has 25 heavy (non-hydrogen) atoms. The van der Waals surface area contributed by atoms with Gasteiger partial charge in [0.15, 0.2) is 17.4 Å². The van der Waals surface area contributed by atoms with Crippen molar-refractivity contribution < 1.29 is 18.7 Å². The summed E-state index contributed by atoms with van der Waals surface area (Å²) in [6.07, 6.45) is 5.78. The number of rotatable bonds is 5. The van der Waals surface area contributed by atoms with Gasteiger partial charge in [0, 0.05) is 24.9 Å². The number of ether oxygens (including phenoxy) is 2. The Balaban J connectivity index is 1.64. The van der Waals surface area contributed by atoms with Crippen LogP contribution in [0, 0.1) is 5.82 Å². The summed E-state index contributed by atoms with van der Waals surface area (Å²) in [6, 6.07) is 0. The van der Waals surface area contributed by atoms with Crippen molar-refractivity contribution in [3.8, 4) is 0 Å². The van der Waals surface area contributed by atoms with Crippen molar-refractivity contribution in [3.05, 3.63) is 35.6 Å². The van der Waals surface area contributed by atoms with E-state index in [1.54, 1.807) is 12.3 Å². The lowest BCUT2D eigenvalue weighted by atomic mass is 9.99. The zero-order valence-electron chi connectivity index (χ0n) is 13.9. The number of carbonyl (C=O) groups is 1. The van der Waals surface area contributed by atoms with Crippen LogP contribution < -0.4 is 15.8 Å². The SMILES string of the molecule is COC1=CCCC(=CNNc2ncc(F)c(N3CCOCC3)n2)C1=O. The third-order valence-electron chi connectivity index (χ3n) is 3.95. The van der Waals surface area contributed by atoms with Crippen LogP contribution in [0.25, 0.3) is 0 Å². The minimum Gasteiger partial charge on any atom is -0.493 e. The van der Waals surface area contributed by atoms with Crippen LogP contribution in [0.1, 0.15) is 12.8 Å². The Bertz CT molecular complexity index is 701. The molecule has 8 nitrogen and oxygen atoms in total. The molecule has 1 aromatic rings. The Morgan fingerprint density at radius 1 is 1.40 bits per heavy atom. The molecule has 2 N–H and O–H groups in total. The molecule has 2 heterocycles. The van der Waals surface area contributed by atoms with Gasteiger partial charge >= 0.3 is 0 Å². The van der Waals surface area contributed by atoms with Gasteiger partial charge in [0.05, 0.1) is 26.5 Å². The normalized spacial score (nSPS) is 19.6. The van der Waals surface area contributed by atoms with Gasteiger partial charge in [0.2, 0.25) is 11.7 Å². The average molecular weight is 349 g/mol. The molecular weight excluding hydrogens is 329 g/mol. The summed E-state index contributed by atoms with van der Waals surface area (Å²) in [6.45, 7) is 2.22. The average Bonchev–Trinajstić information content (AvgIpc) is 2.65. The van der Waals surface area contributed by atoms with Gasteiger partial charge in [-0.15, -0.1) is 0 Å². The Labute approximate surface area is 144 Å². The Hall–Kier alpha value is -2.68. The van der Waals surface area contributed by atoms with Gasteiger partial charge in [-0.25, -0.2) is 9.37 Å². The zero-order chi connectivity index (χ0) is 17.6. The lowest BCUT2D eigenvalue weighted by Gasteiger charge is -2.28. The predicted octanol–water partition coefficient (Wildman–Crippen LogP) is 1.15. The zero-order valence-corrected chi connectivity index (χ0v) is 13.9. The summed E-state index contributed by atoms with van der Waals surface area (Å²) >= 11 is 0. The van der Waals surface area contributed by atoms with E-state index in [2.05, 4.69) is 20.8 Å². The quantitative estimate of drug-likeness (QED) is 0.604. The number of allylic oxidation sites excluding steroid dienone is 2. The number of anilines is 2. The number of Topliss-reactive ketones (excluding diaryl/α,β-unsaturated/α-hetero) is 1. The van der Waals surface area contributed by atoms with E-state index in [1.807, 2.05) is 4.90 Å². The van der Waals surface area contributed by atoms with Crippen LogP contribution in [-0.2, 0) is 14.3 Å². The lowest BCUT2D eigenvalue weighted by Crippen LogP contribution is -2.37. The fraction of sp³-hybridized carbons (Fsp3) is 0.438. The van der Waals surface area contributed by atoms with Crippen molar-refractivity contribution >= 4 is 17.5 Å². The summed E-state index contributed by atoms with van der Waals surface area (Å²) in [5.74, 6) is 0.145. The second kappa shape index (κ2) is 7.93. The van der Waals surface area contributed by atoms with Crippen molar-refractivity contribution in [3.63, 3.8) is 0 Å². The molecular formula is C16H20FN5O3. The van der Waals surface area contributed by atoms with Crippen LogP contribution in [0.4, 0.5) is 16.2 Å². The monoisotopic (exact) mass is 349 g/mol. The van der Waals surface area contributed by atoms with Crippen molar-refractivity contribution in [1.29, 1.82) is 0 Å². The highest BCUT2D eigenvalue weighted by Crippen LogP contribution is 2.20. The molecule has 1 aliphatic carbocycles. The van der Waals surface area contributed by atoms with Crippen LogP contribution in [0.15, 0.2) is 29.8 Å². The van der Waals surface area contributed by atoms with Crippen LogP contribution in [0.5, 0.6) is 0 Å². The number of ketones is 1. The minimum atomic E-state index is -0.483. The number of methoxy groups -OCH3 is 1. The molecule has 0 bridgehead atoms. The Morgan fingerprint density at radius 2 is 2.20 bits per heavy atom. The second-order valence-corrected chi connectivity index (χ2v) is 5.54. The summed E-state index contributed by atoms with van der Waals surface area (Å²) in [5, 5.41) is 0. The number of hydrazine groups is 1. The fourth-order valence-corrected chi connectivity index (χ4v) is 2.64. The highest BCUT2D eigenvalue weighted by atomic mass is 19.1. The van der Waals surface area contributed by atoms with Gasteiger partial charge in [-0.05, 0) is 18.9 Å². The highest BCUT2D eigenvalue weighted by molar-refractivity contribution is 6.07. The number of hydrogen-bond acceptors (Lipinski definition) is 8. The molecule has 1 aliphatic heterocycles. The highest BCUT2D eigenvalue weighted by Gasteiger charge is 2.20. The van der Waals surface area contributed by atoms with Gasteiger partial charge < -0.3 is 19.8 Å². The number of nitrogens with zero attached hydrogens (tertiary/aromatic N) is 3. The fourth-order valence-electron chi connectivity index (χ4n) is 2.64. The maximum absolute atomic E-state index is 14.0. The van der Waals surface area contributed by atoms with E-state index in [4.69, 9.17) is 9.47 Å². The van der Waals surface area contributed by atoms with E-state index in [9.17, 15) is 9.18 Å². The van der Waals surface area contributed by atoms with Gasteiger partial charge in [-0.3, -0.25) is 10.2 Å². The standard InChI is InChI=1S/C16H20FN5O3/c1-24-13-4-2-3-11(14(13)23)9-19-21-16-18-10-12(17)15(20-16)22-5-7-25-8-6-22/h4,9-10,19H,2-3,5-8H2,1H3,(H,18,20,21). The van der Waals surface area contributed by atoms with Gasteiger partial charge in [0.1, 0.15) is 0 Å². The van der Waals surface area contributed by atoms with E-state index >= 15 is 0 Å². The first kappa shape index (κ1) is 17.2. The molecule has 1 fully saturated rings. The largest absolute Gasteiger partial charge is 0.493 e. The Morgan fingerprint density at radius 3 is 2.96 bits per heavy atom. The molecule has 0 atom stereocenters. The molecule has 0 radical (unpaired) electrons. The maximum atomic E-state index is 14.0. The van der Waals surface area contributed by atoms with Gasteiger partial charge in [-0.2, -0.15) is 4.98 Å². The van der Waals surface area contributed by atoms with E-state index in [0.717, 1.165) is 12.6 Å². The smallest absolute Gasteiger partial charge is 0.243 e. The number of aromatic nitrogens is 2.